The van der Waals surface area contributed by atoms with Gasteiger partial charge in [-0.05, 0) is 41.8 Å². The molecular weight excluding hydrogens is 434 g/mol. The van der Waals surface area contributed by atoms with Crippen molar-refractivity contribution >= 4 is 33.6 Å². The Morgan fingerprint density at radius 3 is 2.53 bits per heavy atom. The highest BCUT2D eigenvalue weighted by Gasteiger charge is 2.24. The number of nitrogens with one attached hydrogen (secondary N) is 4. The van der Waals surface area contributed by atoms with Gasteiger partial charge in [-0.3, -0.25) is 9.59 Å². The van der Waals surface area contributed by atoms with Crippen molar-refractivity contribution in [3.05, 3.63) is 66.0 Å². The molecule has 2 amide bonds. The highest BCUT2D eigenvalue weighted by Crippen LogP contribution is 2.24. The number of aromatic amines is 2. The van der Waals surface area contributed by atoms with Crippen LogP contribution in [0.25, 0.3) is 21.8 Å². The number of ether oxygens (including phenoxy) is 1. The number of carbonyl (C=O) groups excluding carboxylic acids is 2. The molecule has 0 spiro atoms. The van der Waals surface area contributed by atoms with E-state index in [1.54, 1.807) is 7.11 Å². The van der Waals surface area contributed by atoms with E-state index in [0.29, 0.717) is 13.0 Å². The molecule has 4 aromatic rings. The molecule has 0 saturated carbocycles. The standard InChI is InChI=1S/C25H29N5O4/c1-34-17-6-7-22-19(11-17)15(12-28-22)8-9-27-25(33)23(30-24(32)20(26)14-31)10-16-13-29-21-5-3-2-4-18(16)21/h2-7,11-13,20,23,28-29,31H,8-10,14,26H2,1H3,(H,27,33)(H,30,32)/t20-,23-/m0/s1. The van der Waals surface area contributed by atoms with E-state index in [0.717, 1.165) is 38.7 Å². The van der Waals surface area contributed by atoms with Gasteiger partial charge >= 0.3 is 0 Å². The molecule has 9 heteroatoms. The number of aromatic nitrogens is 2. The average molecular weight is 464 g/mol. The van der Waals surface area contributed by atoms with Crippen molar-refractivity contribution in [3.8, 4) is 5.75 Å². The van der Waals surface area contributed by atoms with Crippen molar-refractivity contribution in [3.63, 3.8) is 0 Å². The van der Waals surface area contributed by atoms with Crippen molar-refractivity contribution in [2.24, 2.45) is 5.73 Å². The third-order valence-corrected chi connectivity index (χ3v) is 5.93. The Hall–Kier alpha value is -3.82. The van der Waals surface area contributed by atoms with Crippen LogP contribution >= 0.6 is 0 Å². The van der Waals surface area contributed by atoms with Crippen LogP contribution in [0.5, 0.6) is 5.75 Å². The van der Waals surface area contributed by atoms with Gasteiger partial charge in [-0.15, -0.1) is 0 Å². The minimum absolute atomic E-state index is 0.282. The number of amides is 2. The van der Waals surface area contributed by atoms with Crippen LogP contribution in [0.1, 0.15) is 11.1 Å². The van der Waals surface area contributed by atoms with Gasteiger partial charge in [0.1, 0.15) is 17.8 Å². The van der Waals surface area contributed by atoms with Gasteiger partial charge in [-0.1, -0.05) is 18.2 Å². The molecule has 0 aliphatic carbocycles. The molecular formula is C25H29N5O4. The number of H-pyrrole nitrogens is 2. The molecule has 34 heavy (non-hydrogen) atoms. The summed E-state index contributed by atoms with van der Waals surface area (Å²) in [7, 11) is 1.62. The van der Waals surface area contributed by atoms with Gasteiger partial charge in [0.15, 0.2) is 0 Å². The van der Waals surface area contributed by atoms with Crippen molar-refractivity contribution in [2.75, 3.05) is 20.3 Å². The summed E-state index contributed by atoms with van der Waals surface area (Å²) in [6, 6.07) is 11.6. The van der Waals surface area contributed by atoms with Crippen LogP contribution in [0.2, 0.25) is 0 Å². The third-order valence-electron chi connectivity index (χ3n) is 5.93. The summed E-state index contributed by atoms with van der Waals surface area (Å²) in [5.41, 5.74) is 9.55. The van der Waals surface area contributed by atoms with Gasteiger partial charge in [0.05, 0.1) is 13.7 Å². The average Bonchev–Trinajstić information content (AvgIpc) is 3.46. The first-order valence-corrected chi connectivity index (χ1v) is 11.1. The molecule has 0 bridgehead atoms. The zero-order valence-corrected chi connectivity index (χ0v) is 18.9. The second kappa shape index (κ2) is 10.4. The Labute approximate surface area is 196 Å². The number of benzene rings is 2. The first kappa shape index (κ1) is 23.3. The first-order valence-electron chi connectivity index (χ1n) is 11.1. The molecule has 2 aromatic heterocycles. The Bertz CT molecular complexity index is 1290. The normalized spacial score (nSPS) is 13.0. The third kappa shape index (κ3) is 5.05. The molecule has 0 unspecified atom stereocenters. The lowest BCUT2D eigenvalue weighted by molar-refractivity contribution is -0.130. The van der Waals surface area contributed by atoms with Gasteiger partial charge in [-0.2, -0.15) is 0 Å². The van der Waals surface area contributed by atoms with E-state index >= 15 is 0 Å². The number of para-hydroxylation sites is 1. The summed E-state index contributed by atoms with van der Waals surface area (Å²) < 4.78 is 5.31. The zero-order valence-electron chi connectivity index (χ0n) is 18.9. The number of aliphatic hydroxyl groups is 1. The largest absolute Gasteiger partial charge is 0.497 e. The number of hydrogen-bond donors (Lipinski definition) is 6. The monoisotopic (exact) mass is 463 g/mol. The van der Waals surface area contributed by atoms with E-state index in [2.05, 4.69) is 20.6 Å². The Kier molecular flexibility index (Phi) is 7.15. The number of fused-ring (bicyclic) bond motifs is 2. The molecule has 178 valence electrons. The molecule has 0 aliphatic rings. The van der Waals surface area contributed by atoms with Crippen LogP contribution < -0.4 is 21.1 Å². The SMILES string of the molecule is COc1ccc2[nH]cc(CCNC(=O)[C@H](Cc3c[nH]c4ccccc34)NC(=O)[C@@H](N)CO)c2c1. The topological polar surface area (TPSA) is 145 Å². The molecule has 4 rings (SSSR count). The van der Waals surface area contributed by atoms with Crippen LogP contribution in [0.15, 0.2) is 54.9 Å². The molecule has 0 aliphatic heterocycles. The predicted molar refractivity (Wildman–Crippen MR) is 131 cm³/mol. The molecule has 0 fully saturated rings. The van der Waals surface area contributed by atoms with Gasteiger partial charge in [0.25, 0.3) is 0 Å². The summed E-state index contributed by atoms with van der Waals surface area (Å²) in [5.74, 6) is -0.133. The van der Waals surface area contributed by atoms with Crippen molar-refractivity contribution in [1.29, 1.82) is 0 Å². The summed E-state index contributed by atoms with van der Waals surface area (Å²) in [6.45, 7) is -0.118. The fourth-order valence-corrected chi connectivity index (χ4v) is 4.03. The summed E-state index contributed by atoms with van der Waals surface area (Å²) in [4.78, 5) is 31.8. The van der Waals surface area contributed by atoms with Crippen LogP contribution in [0.3, 0.4) is 0 Å². The van der Waals surface area contributed by atoms with E-state index in [4.69, 9.17) is 10.5 Å². The number of rotatable bonds is 10. The minimum atomic E-state index is -1.10. The second-order valence-electron chi connectivity index (χ2n) is 8.18. The predicted octanol–water partition coefficient (Wildman–Crippen LogP) is 1.36. The first-order chi connectivity index (χ1) is 16.5. The number of nitrogens with two attached hydrogens (primary N) is 1. The number of hydrogen-bond acceptors (Lipinski definition) is 5. The fourth-order valence-electron chi connectivity index (χ4n) is 4.03. The summed E-state index contributed by atoms with van der Waals surface area (Å²) >= 11 is 0. The summed E-state index contributed by atoms with van der Waals surface area (Å²) in [6.07, 6.45) is 4.64. The second-order valence-corrected chi connectivity index (χ2v) is 8.18. The summed E-state index contributed by atoms with van der Waals surface area (Å²) in [5, 5.41) is 16.8. The van der Waals surface area contributed by atoms with Gasteiger partial charge in [0, 0.05) is 47.2 Å². The van der Waals surface area contributed by atoms with E-state index in [1.807, 2.05) is 54.9 Å². The lowest BCUT2D eigenvalue weighted by Crippen LogP contribution is -2.53. The van der Waals surface area contributed by atoms with Crippen molar-refractivity contribution in [2.45, 2.75) is 24.9 Å². The zero-order chi connectivity index (χ0) is 24.1. The Balaban J connectivity index is 1.46. The Morgan fingerprint density at radius 1 is 1.03 bits per heavy atom. The van der Waals surface area contributed by atoms with Crippen molar-refractivity contribution < 1.29 is 19.4 Å². The number of methoxy groups -OCH3 is 1. The maximum Gasteiger partial charge on any atom is 0.242 e. The lowest BCUT2D eigenvalue weighted by Gasteiger charge is -2.20. The maximum absolute atomic E-state index is 13.1. The number of carbonyl (C=O) groups is 2. The van der Waals surface area contributed by atoms with Crippen LogP contribution in [-0.2, 0) is 22.4 Å². The fraction of sp³-hybridized carbons (Fsp3) is 0.280. The molecule has 2 aromatic carbocycles. The van der Waals surface area contributed by atoms with Gasteiger partial charge in [-0.25, -0.2) is 0 Å². The molecule has 2 atom stereocenters. The van der Waals surface area contributed by atoms with Gasteiger partial charge < -0.3 is 36.2 Å². The van der Waals surface area contributed by atoms with Crippen LogP contribution in [0, 0.1) is 0 Å². The lowest BCUT2D eigenvalue weighted by atomic mass is 10.0. The van der Waals surface area contributed by atoms with E-state index in [-0.39, 0.29) is 12.3 Å². The highest BCUT2D eigenvalue weighted by atomic mass is 16.5. The van der Waals surface area contributed by atoms with Gasteiger partial charge in [0.2, 0.25) is 11.8 Å². The maximum atomic E-state index is 13.1. The van der Waals surface area contributed by atoms with Crippen LogP contribution in [0.4, 0.5) is 0 Å². The highest BCUT2D eigenvalue weighted by molar-refractivity contribution is 5.91. The quantitative estimate of drug-likeness (QED) is 0.210. The molecule has 0 saturated heterocycles. The minimum Gasteiger partial charge on any atom is -0.497 e. The number of aliphatic hydroxyl groups excluding tert-OH is 1. The molecule has 7 N–H and O–H groups in total. The van der Waals surface area contributed by atoms with E-state index in [1.165, 1.54) is 0 Å². The van der Waals surface area contributed by atoms with E-state index in [9.17, 15) is 14.7 Å². The Morgan fingerprint density at radius 2 is 1.76 bits per heavy atom. The molecule has 2 heterocycles. The van der Waals surface area contributed by atoms with Crippen LogP contribution in [-0.4, -0.2) is 59.2 Å². The molecule has 0 radical (unpaired) electrons. The van der Waals surface area contributed by atoms with Crippen molar-refractivity contribution in [1.82, 2.24) is 20.6 Å². The van der Waals surface area contributed by atoms with E-state index < -0.39 is 24.6 Å². The smallest absolute Gasteiger partial charge is 0.242 e. The molecule has 9 nitrogen and oxygen atoms in total.